The fourth-order valence-corrected chi connectivity index (χ4v) is 3.85. The highest BCUT2D eigenvalue weighted by Crippen LogP contribution is 2.34. The van der Waals surface area contributed by atoms with E-state index in [4.69, 9.17) is 0 Å². The second-order valence-electron chi connectivity index (χ2n) is 4.87. The molecule has 0 amide bonds. The van der Waals surface area contributed by atoms with E-state index in [0.29, 0.717) is 0 Å². The minimum Gasteiger partial charge on any atom is -0.314 e. The first-order valence-corrected chi connectivity index (χ1v) is 8.36. The number of hydrogen-bond acceptors (Lipinski definition) is 3. The quantitative estimate of drug-likeness (QED) is 0.904. The summed E-state index contributed by atoms with van der Waals surface area (Å²) in [6, 6.07) is 9.51. The molecule has 0 radical (unpaired) electrons. The van der Waals surface area contributed by atoms with Crippen molar-refractivity contribution < 1.29 is 4.39 Å². The molecule has 5 heteroatoms. The molecular formula is C15H16BrFN2S. The maximum atomic E-state index is 14.4. The van der Waals surface area contributed by atoms with Gasteiger partial charge < -0.3 is 5.32 Å². The van der Waals surface area contributed by atoms with Gasteiger partial charge in [-0.1, -0.05) is 28.1 Å². The molecule has 0 aliphatic carbocycles. The summed E-state index contributed by atoms with van der Waals surface area (Å²) in [7, 11) is 0. The van der Waals surface area contributed by atoms with Crippen LogP contribution >= 0.6 is 27.3 Å². The lowest BCUT2D eigenvalue weighted by Crippen LogP contribution is -2.45. The van der Waals surface area contributed by atoms with Crippen LogP contribution in [0, 0.1) is 5.82 Å². The lowest BCUT2D eigenvalue weighted by molar-refractivity contribution is 0.197. The van der Waals surface area contributed by atoms with E-state index < -0.39 is 0 Å². The zero-order chi connectivity index (χ0) is 13.9. The van der Waals surface area contributed by atoms with Crippen molar-refractivity contribution in [2.75, 3.05) is 26.2 Å². The Balaban J connectivity index is 2.00. The summed E-state index contributed by atoms with van der Waals surface area (Å²) < 4.78 is 15.2. The molecule has 1 saturated heterocycles. The third-order valence-electron chi connectivity index (χ3n) is 3.59. The van der Waals surface area contributed by atoms with E-state index in [1.807, 2.05) is 18.2 Å². The lowest BCUT2D eigenvalue weighted by Gasteiger charge is -2.35. The van der Waals surface area contributed by atoms with Gasteiger partial charge in [0.2, 0.25) is 0 Å². The average Bonchev–Trinajstić information content (AvgIpc) is 2.97. The number of thiophene rings is 1. The summed E-state index contributed by atoms with van der Waals surface area (Å²) in [6.07, 6.45) is 0. The second-order valence-corrected chi connectivity index (χ2v) is 6.76. The standard InChI is InChI=1S/C15H16BrFN2S/c16-11-3-4-12(13(17)10-11)15(14-2-1-9-20-14)19-7-5-18-6-8-19/h1-4,9-10,15,18H,5-8H2/t15-/m1/s1. The first kappa shape index (κ1) is 14.2. The molecule has 1 aromatic heterocycles. The Morgan fingerprint density at radius 2 is 2.05 bits per heavy atom. The molecule has 1 fully saturated rings. The number of hydrogen-bond donors (Lipinski definition) is 1. The molecule has 2 heterocycles. The molecule has 106 valence electrons. The molecule has 1 N–H and O–H groups in total. The zero-order valence-electron chi connectivity index (χ0n) is 11.0. The first-order valence-electron chi connectivity index (χ1n) is 6.69. The number of nitrogens with one attached hydrogen (secondary N) is 1. The summed E-state index contributed by atoms with van der Waals surface area (Å²) in [5, 5.41) is 5.41. The first-order chi connectivity index (χ1) is 9.75. The molecule has 2 aromatic rings. The number of nitrogens with zero attached hydrogens (tertiary/aromatic N) is 1. The summed E-state index contributed by atoms with van der Waals surface area (Å²) >= 11 is 5.02. The Kier molecular flexibility index (Phi) is 4.51. The van der Waals surface area contributed by atoms with Gasteiger partial charge in [0.05, 0.1) is 6.04 Å². The smallest absolute Gasteiger partial charge is 0.129 e. The van der Waals surface area contributed by atoms with Crippen molar-refractivity contribution in [1.82, 2.24) is 10.2 Å². The van der Waals surface area contributed by atoms with Crippen molar-refractivity contribution in [2.24, 2.45) is 0 Å². The van der Waals surface area contributed by atoms with E-state index >= 15 is 0 Å². The van der Waals surface area contributed by atoms with Crippen molar-refractivity contribution in [3.05, 3.63) is 56.4 Å². The molecule has 1 aliphatic rings. The van der Waals surface area contributed by atoms with Gasteiger partial charge in [-0.3, -0.25) is 4.90 Å². The van der Waals surface area contributed by atoms with Crippen molar-refractivity contribution in [3.8, 4) is 0 Å². The van der Waals surface area contributed by atoms with Gasteiger partial charge in [0.25, 0.3) is 0 Å². The van der Waals surface area contributed by atoms with E-state index in [2.05, 4.69) is 37.6 Å². The van der Waals surface area contributed by atoms with Crippen LogP contribution in [0.5, 0.6) is 0 Å². The lowest BCUT2D eigenvalue weighted by atomic mass is 10.0. The van der Waals surface area contributed by atoms with Crippen LogP contribution < -0.4 is 5.32 Å². The number of benzene rings is 1. The van der Waals surface area contributed by atoms with Gasteiger partial charge in [0, 0.05) is 41.1 Å². The summed E-state index contributed by atoms with van der Waals surface area (Å²) in [5.41, 5.74) is 0.762. The topological polar surface area (TPSA) is 15.3 Å². The summed E-state index contributed by atoms with van der Waals surface area (Å²) in [6.45, 7) is 3.80. The fraction of sp³-hybridized carbons (Fsp3) is 0.333. The van der Waals surface area contributed by atoms with Crippen molar-refractivity contribution in [1.29, 1.82) is 0 Å². The van der Waals surface area contributed by atoms with Gasteiger partial charge >= 0.3 is 0 Å². The van der Waals surface area contributed by atoms with Crippen LogP contribution in [0.4, 0.5) is 4.39 Å². The largest absolute Gasteiger partial charge is 0.314 e. The minimum absolute atomic E-state index is 0.0187. The molecule has 1 aromatic carbocycles. The minimum atomic E-state index is -0.142. The molecule has 0 unspecified atom stereocenters. The van der Waals surface area contributed by atoms with E-state index in [1.54, 1.807) is 17.4 Å². The van der Waals surface area contributed by atoms with Crippen molar-refractivity contribution in [2.45, 2.75) is 6.04 Å². The maximum Gasteiger partial charge on any atom is 0.129 e. The van der Waals surface area contributed by atoms with Gasteiger partial charge in [-0.15, -0.1) is 11.3 Å². The molecule has 0 spiro atoms. The number of piperazine rings is 1. The van der Waals surface area contributed by atoms with Gasteiger partial charge in [0.1, 0.15) is 5.82 Å². The third kappa shape index (κ3) is 2.96. The normalized spacial score (nSPS) is 18.1. The van der Waals surface area contributed by atoms with E-state index in [9.17, 15) is 4.39 Å². The van der Waals surface area contributed by atoms with Crippen LogP contribution in [0.1, 0.15) is 16.5 Å². The third-order valence-corrected chi connectivity index (χ3v) is 5.00. The molecule has 0 saturated carbocycles. The Morgan fingerprint density at radius 1 is 1.25 bits per heavy atom. The molecule has 1 aliphatic heterocycles. The van der Waals surface area contributed by atoms with Gasteiger partial charge in [-0.2, -0.15) is 0 Å². The second kappa shape index (κ2) is 6.35. The van der Waals surface area contributed by atoms with Crippen molar-refractivity contribution >= 4 is 27.3 Å². The van der Waals surface area contributed by atoms with E-state index in [1.165, 1.54) is 4.88 Å². The highest BCUT2D eigenvalue weighted by molar-refractivity contribution is 9.10. The molecule has 1 atom stereocenters. The van der Waals surface area contributed by atoms with Crippen LogP contribution in [0.3, 0.4) is 0 Å². The highest BCUT2D eigenvalue weighted by atomic mass is 79.9. The molecule has 0 bridgehead atoms. The number of rotatable bonds is 3. The predicted molar refractivity (Wildman–Crippen MR) is 84.7 cm³/mol. The van der Waals surface area contributed by atoms with Crippen LogP contribution in [-0.4, -0.2) is 31.1 Å². The van der Waals surface area contributed by atoms with E-state index in [0.717, 1.165) is 36.2 Å². The van der Waals surface area contributed by atoms with Crippen LogP contribution in [0.15, 0.2) is 40.2 Å². The van der Waals surface area contributed by atoms with Gasteiger partial charge in [0.15, 0.2) is 0 Å². The van der Waals surface area contributed by atoms with Crippen LogP contribution in [0.25, 0.3) is 0 Å². The molecule has 20 heavy (non-hydrogen) atoms. The SMILES string of the molecule is Fc1cc(Br)ccc1[C@H](c1cccs1)N1CCNCC1. The molecular weight excluding hydrogens is 339 g/mol. The van der Waals surface area contributed by atoms with Crippen LogP contribution in [0.2, 0.25) is 0 Å². The number of halogens is 2. The monoisotopic (exact) mass is 354 g/mol. The Labute approximate surface area is 130 Å². The van der Waals surface area contributed by atoms with E-state index in [-0.39, 0.29) is 11.9 Å². The van der Waals surface area contributed by atoms with Gasteiger partial charge in [-0.25, -0.2) is 4.39 Å². The zero-order valence-corrected chi connectivity index (χ0v) is 13.4. The van der Waals surface area contributed by atoms with Gasteiger partial charge in [-0.05, 0) is 23.6 Å². The summed E-state index contributed by atoms with van der Waals surface area (Å²) in [5.74, 6) is -0.142. The molecule has 3 rings (SSSR count). The fourth-order valence-electron chi connectivity index (χ4n) is 2.64. The Morgan fingerprint density at radius 3 is 2.70 bits per heavy atom. The summed E-state index contributed by atoms with van der Waals surface area (Å²) in [4.78, 5) is 3.56. The highest BCUT2D eigenvalue weighted by Gasteiger charge is 2.26. The molecule has 2 nitrogen and oxygen atoms in total. The average molecular weight is 355 g/mol. The Bertz CT molecular complexity index is 567. The Hall–Kier alpha value is -0.750. The van der Waals surface area contributed by atoms with Crippen LogP contribution in [-0.2, 0) is 0 Å². The maximum absolute atomic E-state index is 14.4. The van der Waals surface area contributed by atoms with Crippen molar-refractivity contribution in [3.63, 3.8) is 0 Å². The predicted octanol–water partition coefficient (Wildman–Crippen LogP) is 3.64.